The average molecular weight is 374 g/mol. The van der Waals surface area contributed by atoms with Gasteiger partial charge in [-0.3, -0.25) is 9.59 Å². The van der Waals surface area contributed by atoms with Crippen LogP contribution in [0.3, 0.4) is 0 Å². The van der Waals surface area contributed by atoms with Gasteiger partial charge in [-0.15, -0.1) is 0 Å². The molecule has 3 rings (SSSR count). The Balaban J connectivity index is 1.50. The van der Waals surface area contributed by atoms with E-state index in [2.05, 4.69) is 0 Å². The van der Waals surface area contributed by atoms with Crippen molar-refractivity contribution >= 4 is 11.8 Å². The van der Waals surface area contributed by atoms with Gasteiger partial charge >= 0.3 is 0 Å². The Kier molecular flexibility index (Phi) is 7.10. The summed E-state index contributed by atoms with van der Waals surface area (Å²) in [5.41, 5.74) is 0.633. The van der Waals surface area contributed by atoms with E-state index in [0.29, 0.717) is 44.2 Å². The van der Waals surface area contributed by atoms with Crippen molar-refractivity contribution in [3.63, 3.8) is 0 Å². The predicted octanol–water partition coefficient (Wildman–Crippen LogP) is 2.58. The lowest BCUT2D eigenvalue weighted by atomic mass is 9.95. The molecule has 0 aliphatic carbocycles. The Morgan fingerprint density at radius 1 is 1.04 bits per heavy atom. The lowest BCUT2D eigenvalue weighted by molar-refractivity contribution is -0.135. The van der Waals surface area contributed by atoms with Crippen LogP contribution >= 0.6 is 0 Å². The normalized spacial score (nSPS) is 18.0. The predicted molar refractivity (Wildman–Crippen MR) is 103 cm³/mol. The number of hydrogen-bond acceptors (Lipinski definition) is 4. The molecule has 1 aromatic carbocycles. The summed E-state index contributed by atoms with van der Waals surface area (Å²) in [6.07, 6.45) is 3.75. The summed E-state index contributed by atoms with van der Waals surface area (Å²) in [5, 5.41) is 0. The number of rotatable bonds is 7. The van der Waals surface area contributed by atoms with Gasteiger partial charge in [0.05, 0.1) is 6.61 Å². The molecule has 2 saturated heterocycles. The van der Waals surface area contributed by atoms with Crippen molar-refractivity contribution in [3.05, 3.63) is 29.8 Å². The zero-order valence-electron chi connectivity index (χ0n) is 16.2. The number of benzene rings is 1. The van der Waals surface area contributed by atoms with Crippen molar-refractivity contribution in [1.82, 2.24) is 9.80 Å². The fraction of sp³-hybridized carbons (Fsp3) is 0.619. The first-order valence-electron chi connectivity index (χ1n) is 10.1. The summed E-state index contributed by atoms with van der Waals surface area (Å²) in [7, 11) is 0. The Hall–Kier alpha value is -2.08. The van der Waals surface area contributed by atoms with Gasteiger partial charge in [0, 0.05) is 44.3 Å². The maximum Gasteiger partial charge on any atom is 0.253 e. The van der Waals surface area contributed by atoms with E-state index in [9.17, 15) is 9.59 Å². The van der Waals surface area contributed by atoms with E-state index in [0.717, 1.165) is 38.8 Å². The van der Waals surface area contributed by atoms with Crippen LogP contribution in [0.2, 0.25) is 0 Å². The first kappa shape index (κ1) is 19.7. The number of amides is 2. The minimum Gasteiger partial charge on any atom is -0.491 e. The third-order valence-electron chi connectivity index (χ3n) is 5.33. The molecule has 6 nitrogen and oxygen atoms in total. The van der Waals surface area contributed by atoms with Crippen LogP contribution in [0.15, 0.2) is 24.3 Å². The Morgan fingerprint density at radius 2 is 1.78 bits per heavy atom. The molecule has 2 aliphatic rings. The van der Waals surface area contributed by atoms with Crippen LogP contribution in [-0.2, 0) is 9.53 Å². The van der Waals surface area contributed by atoms with E-state index in [-0.39, 0.29) is 17.7 Å². The quantitative estimate of drug-likeness (QED) is 0.689. The van der Waals surface area contributed by atoms with Crippen LogP contribution in [0, 0.1) is 5.92 Å². The minimum atomic E-state index is 0.0114. The van der Waals surface area contributed by atoms with Crippen molar-refractivity contribution in [2.24, 2.45) is 5.92 Å². The van der Waals surface area contributed by atoms with Crippen LogP contribution in [0.1, 0.15) is 43.0 Å². The minimum absolute atomic E-state index is 0.0114. The molecule has 2 fully saturated rings. The molecule has 0 atom stereocenters. The molecule has 2 heterocycles. The van der Waals surface area contributed by atoms with E-state index in [4.69, 9.17) is 9.47 Å². The molecule has 1 aromatic rings. The van der Waals surface area contributed by atoms with E-state index in [1.165, 1.54) is 0 Å². The first-order valence-corrected chi connectivity index (χ1v) is 10.1. The zero-order chi connectivity index (χ0) is 19.1. The Labute approximate surface area is 161 Å². The maximum atomic E-state index is 12.8. The van der Waals surface area contributed by atoms with E-state index in [1.807, 2.05) is 34.9 Å². The Morgan fingerprint density at radius 3 is 2.48 bits per heavy atom. The van der Waals surface area contributed by atoms with Crippen LogP contribution in [0.4, 0.5) is 0 Å². The second-order valence-corrected chi connectivity index (χ2v) is 7.17. The van der Waals surface area contributed by atoms with Crippen LogP contribution < -0.4 is 4.74 Å². The highest BCUT2D eigenvalue weighted by Crippen LogP contribution is 2.24. The summed E-state index contributed by atoms with van der Waals surface area (Å²) in [4.78, 5) is 29.2. The van der Waals surface area contributed by atoms with Gasteiger partial charge in [-0.1, -0.05) is 6.07 Å². The van der Waals surface area contributed by atoms with Crippen molar-refractivity contribution in [2.75, 3.05) is 46.0 Å². The monoisotopic (exact) mass is 374 g/mol. The molecule has 148 valence electrons. The number of piperidine rings is 1. The first-order chi connectivity index (χ1) is 13.2. The van der Waals surface area contributed by atoms with Gasteiger partial charge in [-0.25, -0.2) is 0 Å². The standard InChI is InChI=1S/C21H30N2O4/c1-2-26-14-15-27-19-7-5-6-18(16-19)21(25)23-12-8-17(9-13-23)20(24)22-10-3-4-11-22/h5-7,16-17H,2-4,8-15H2,1H3. The summed E-state index contributed by atoms with van der Waals surface area (Å²) >= 11 is 0. The van der Waals surface area contributed by atoms with Crippen molar-refractivity contribution in [1.29, 1.82) is 0 Å². The maximum absolute atomic E-state index is 12.8. The molecule has 0 unspecified atom stereocenters. The molecule has 0 radical (unpaired) electrons. The van der Waals surface area contributed by atoms with Gasteiger partial charge < -0.3 is 19.3 Å². The number of carbonyl (C=O) groups is 2. The molecular weight excluding hydrogens is 344 g/mol. The second-order valence-electron chi connectivity index (χ2n) is 7.17. The van der Waals surface area contributed by atoms with E-state index < -0.39 is 0 Å². The van der Waals surface area contributed by atoms with E-state index >= 15 is 0 Å². The number of nitrogens with zero attached hydrogens (tertiary/aromatic N) is 2. The molecule has 2 aliphatic heterocycles. The average Bonchev–Trinajstić information content (AvgIpc) is 3.25. The molecule has 0 bridgehead atoms. The van der Waals surface area contributed by atoms with E-state index in [1.54, 1.807) is 6.07 Å². The van der Waals surface area contributed by atoms with Gasteiger partial charge in [0.1, 0.15) is 12.4 Å². The molecule has 0 N–H and O–H groups in total. The Bertz CT molecular complexity index is 635. The largest absolute Gasteiger partial charge is 0.491 e. The van der Waals surface area contributed by atoms with Crippen molar-refractivity contribution < 1.29 is 19.1 Å². The summed E-state index contributed by atoms with van der Waals surface area (Å²) < 4.78 is 10.9. The van der Waals surface area contributed by atoms with Gasteiger partial charge in [0.2, 0.25) is 5.91 Å². The van der Waals surface area contributed by atoms with Gasteiger partial charge in [0.25, 0.3) is 5.91 Å². The molecule has 6 heteroatoms. The van der Waals surface area contributed by atoms with Crippen molar-refractivity contribution in [3.8, 4) is 5.75 Å². The summed E-state index contributed by atoms with van der Waals surface area (Å²) in [6.45, 7) is 6.68. The van der Waals surface area contributed by atoms with Gasteiger partial charge in [0.15, 0.2) is 0 Å². The second kappa shape index (κ2) is 9.74. The SMILES string of the molecule is CCOCCOc1cccc(C(=O)N2CCC(C(=O)N3CCCC3)CC2)c1. The zero-order valence-corrected chi connectivity index (χ0v) is 16.2. The molecule has 0 saturated carbocycles. The third-order valence-corrected chi connectivity index (χ3v) is 5.33. The number of carbonyl (C=O) groups excluding carboxylic acids is 2. The highest BCUT2D eigenvalue weighted by atomic mass is 16.5. The van der Waals surface area contributed by atoms with Crippen LogP contribution in [0.5, 0.6) is 5.75 Å². The molecule has 0 spiro atoms. The lowest BCUT2D eigenvalue weighted by Gasteiger charge is -2.33. The smallest absolute Gasteiger partial charge is 0.253 e. The van der Waals surface area contributed by atoms with Crippen molar-refractivity contribution in [2.45, 2.75) is 32.6 Å². The van der Waals surface area contributed by atoms with Crippen LogP contribution in [0.25, 0.3) is 0 Å². The number of ether oxygens (including phenoxy) is 2. The molecule has 2 amide bonds. The van der Waals surface area contributed by atoms with Crippen LogP contribution in [-0.4, -0.2) is 67.6 Å². The highest BCUT2D eigenvalue weighted by Gasteiger charge is 2.31. The highest BCUT2D eigenvalue weighted by molar-refractivity contribution is 5.94. The fourth-order valence-corrected chi connectivity index (χ4v) is 3.79. The topological polar surface area (TPSA) is 59.1 Å². The third kappa shape index (κ3) is 5.22. The fourth-order valence-electron chi connectivity index (χ4n) is 3.79. The molecule has 0 aromatic heterocycles. The lowest BCUT2D eigenvalue weighted by Crippen LogP contribution is -2.43. The summed E-state index contributed by atoms with van der Waals surface area (Å²) in [6, 6.07) is 7.30. The summed E-state index contributed by atoms with van der Waals surface area (Å²) in [5.74, 6) is 1.04. The number of hydrogen-bond donors (Lipinski definition) is 0. The molecule has 27 heavy (non-hydrogen) atoms. The number of likely N-dealkylation sites (tertiary alicyclic amines) is 2. The van der Waals surface area contributed by atoms with Gasteiger partial charge in [-0.05, 0) is 50.8 Å². The van der Waals surface area contributed by atoms with Gasteiger partial charge in [-0.2, -0.15) is 0 Å². The molecular formula is C21H30N2O4.